The van der Waals surface area contributed by atoms with E-state index in [2.05, 4.69) is 15.6 Å². The maximum atomic E-state index is 13.5. The molecule has 0 saturated heterocycles. The van der Waals surface area contributed by atoms with Gasteiger partial charge in [-0.3, -0.25) is 4.79 Å². The molecule has 1 aromatic carbocycles. The molecular formula is C16H19FN2OS. The average Bonchev–Trinajstić information content (AvgIpc) is 2.95. The monoisotopic (exact) mass is 306 g/mol. The number of hydrogen-bond acceptors (Lipinski definition) is 3. The van der Waals surface area contributed by atoms with Crippen molar-refractivity contribution in [1.29, 1.82) is 0 Å². The van der Waals surface area contributed by atoms with Crippen molar-refractivity contribution in [3.8, 4) is 0 Å². The van der Waals surface area contributed by atoms with Gasteiger partial charge in [-0.05, 0) is 61.1 Å². The van der Waals surface area contributed by atoms with Crippen molar-refractivity contribution in [3.63, 3.8) is 0 Å². The molecule has 2 aromatic rings. The Morgan fingerprint density at radius 2 is 2.14 bits per heavy atom. The van der Waals surface area contributed by atoms with E-state index in [4.69, 9.17) is 0 Å². The van der Waals surface area contributed by atoms with Crippen LogP contribution in [0.5, 0.6) is 0 Å². The SMILES string of the molecule is Cc1ccc(C(=O)NC[C@H](c2ccsc2)N(C)C)cc1F. The van der Waals surface area contributed by atoms with Crippen LogP contribution < -0.4 is 5.32 Å². The summed E-state index contributed by atoms with van der Waals surface area (Å²) in [6.07, 6.45) is 0. The van der Waals surface area contributed by atoms with Gasteiger partial charge in [0.25, 0.3) is 5.91 Å². The van der Waals surface area contributed by atoms with E-state index in [1.165, 1.54) is 11.6 Å². The largest absolute Gasteiger partial charge is 0.350 e. The standard InChI is InChI=1S/C16H19FN2OS/c1-11-4-5-12(8-14(11)17)16(20)18-9-15(19(2)3)13-6-7-21-10-13/h4-8,10,15H,9H2,1-3H3,(H,18,20)/t15-/m1/s1. The van der Waals surface area contributed by atoms with E-state index in [0.29, 0.717) is 17.7 Å². The zero-order chi connectivity index (χ0) is 15.4. The van der Waals surface area contributed by atoms with Crippen LogP contribution in [0.3, 0.4) is 0 Å². The molecule has 1 N–H and O–H groups in total. The predicted molar refractivity (Wildman–Crippen MR) is 84.2 cm³/mol. The quantitative estimate of drug-likeness (QED) is 0.920. The van der Waals surface area contributed by atoms with E-state index in [1.807, 2.05) is 25.5 Å². The molecule has 0 aliphatic carbocycles. The smallest absolute Gasteiger partial charge is 0.251 e. The van der Waals surface area contributed by atoms with Gasteiger partial charge in [0.2, 0.25) is 0 Å². The highest BCUT2D eigenvalue weighted by atomic mass is 32.1. The highest BCUT2D eigenvalue weighted by Gasteiger charge is 2.16. The Morgan fingerprint density at radius 3 is 2.71 bits per heavy atom. The summed E-state index contributed by atoms with van der Waals surface area (Å²) in [4.78, 5) is 14.2. The lowest BCUT2D eigenvalue weighted by Gasteiger charge is -2.24. The van der Waals surface area contributed by atoms with Gasteiger partial charge in [-0.1, -0.05) is 6.07 Å². The summed E-state index contributed by atoms with van der Waals surface area (Å²) in [5.41, 5.74) is 2.05. The molecule has 1 heterocycles. The van der Waals surface area contributed by atoms with Crippen LogP contribution in [0.25, 0.3) is 0 Å². The van der Waals surface area contributed by atoms with Crippen LogP contribution in [0, 0.1) is 12.7 Å². The van der Waals surface area contributed by atoms with Crippen LogP contribution >= 0.6 is 11.3 Å². The Balaban J connectivity index is 2.03. The number of carbonyl (C=O) groups is 1. The maximum Gasteiger partial charge on any atom is 0.251 e. The Kier molecular flexibility index (Phi) is 5.09. The molecule has 0 spiro atoms. The predicted octanol–water partition coefficient (Wildman–Crippen LogP) is 3.23. The third-order valence-corrected chi connectivity index (χ3v) is 4.14. The van der Waals surface area contributed by atoms with Crippen molar-refractivity contribution < 1.29 is 9.18 Å². The Bertz CT molecular complexity index is 611. The van der Waals surface area contributed by atoms with E-state index in [0.717, 1.165) is 0 Å². The van der Waals surface area contributed by atoms with E-state index < -0.39 is 0 Å². The molecule has 0 bridgehead atoms. The fourth-order valence-corrected chi connectivity index (χ4v) is 2.80. The molecule has 1 atom stereocenters. The molecule has 0 saturated carbocycles. The molecule has 0 aliphatic heterocycles. The van der Waals surface area contributed by atoms with Gasteiger partial charge in [-0.25, -0.2) is 4.39 Å². The zero-order valence-corrected chi connectivity index (χ0v) is 13.2. The first kappa shape index (κ1) is 15.7. The Labute approximate surface area is 128 Å². The molecule has 3 nitrogen and oxygen atoms in total. The van der Waals surface area contributed by atoms with Gasteiger partial charge in [-0.15, -0.1) is 0 Å². The molecule has 112 valence electrons. The van der Waals surface area contributed by atoms with Gasteiger partial charge in [0.1, 0.15) is 5.82 Å². The minimum atomic E-state index is -0.357. The van der Waals surface area contributed by atoms with Crippen molar-refractivity contribution in [2.75, 3.05) is 20.6 Å². The molecule has 0 unspecified atom stereocenters. The van der Waals surface area contributed by atoms with Gasteiger partial charge < -0.3 is 10.2 Å². The normalized spacial score (nSPS) is 12.4. The summed E-state index contributed by atoms with van der Waals surface area (Å²) in [7, 11) is 3.94. The van der Waals surface area contributed by atoms with Gasteiger partial charge in [0, 0.05) is 12.1 Å². The average molecular weight is 306 g/mol. The highest BCUT2D eigenvalue weighted by Crippen LogP contribution is 2.20. The Morgan fingerprint density at radius 1 is 1.38 bits per heavy atom. The zero-order valence-electron chi connectivity index (χ0n) is 12.4. The number of halogens is 1. The second-order valence-corrected chi connectivity index (χ2v) is 5.99. The maximum absolute atomic E-state index is 13.5. The summed E-state index contributed by atoms with van der Waals surface area (Å²) in [5, 5.41) is 6.96. The minimum absolute atomic E-state index is 0.107. The number of nitrogens with zero attached hydrogens (tertiary/aromatic N) is 1. The lowest BCUT2D eigenvalue weighted by Crippen LogP contribution is -2.34. The van der Waals surface area contributed by atoms with E-state index in [-0.39, 0.29) is 17.8 Å². The van der Waals surface area contributed by atoms with Crippen LogP contribution in [0.4, 0.5) is 4.39 Å². The molecular weight excluding hydrogens is 287 g/mol. The summed E-state index contributed by atoms with van der Waals surface area (Å²) >= 11 is 1.63. The topological polar surface area (TPSA) is 32.3 Å². The van der Waals surface area contributed by atoms with Crippen LogP contribution in [0.2, 0.25) is 0 Å². The molecule has 0 radical (unpaired) electrons. The number of thiophene rings is 1. The van der Waals surface area contributed by atoms with E-state index >= 15 is 0 Å². The van der Waals surface area contributed by atoms with E-state index in [9.17, 15) is 9.18 Å². The fraction of sp³-hybridized carbons (Fsp3) is 0.312. The first-order chi connectivity index (χ1) is 9.99. The number of benzene rings is 1. The molecule has 21 heavy (non-hydrogen) atoms. The second kappa shape index (κ2) is 6.83. The molecule has 1 amide bonds. The number of aryl methyl sites for hydroxylation is 1. The van der Waals surface area contributed by atoms with Gasteiger partial charge in [0.05, 0.1) is 6.04 Å². The molecule has 0 aliphatic rings. The van der Waals surface area contributed by atoms with Crippen molar-refractivity contribution in [2.45, 2.75) is 13.0 Å². The summed E-state index contributed by atoms with van der Waals surface area (Å²) in [6.45, 7) is 2.16. The van der Waals surface area contributed by atoms with Crippen molar-refractivity contribution >= 4 is 17.2 Å². The molecule has 5 heteroatoms. The van der Waals surface area contributed by atoms with Gasteiger partial charge >= 0.3 is 0 Å². The van der Waals surface area contributed by atoms with Gasteiger partial charge in [-0.2, -0.15) is 11.3 Å². The van der Waals surface area contributed by atoms with Crippen LogP contribution in [0.1, 0.15) is 27.5 Å². The number of nitrogens with one attached hydrogen (secondary N) is 1. The molecule has 0 fully saturated rings. The third-order valence-electron chi connectivity index (χ3n) is 3.44. The van der Waals surface area contributed by atoms with Crippen LogP contribution in [-0.4, -0.2) is 31.4 Å². The van der Waals surface area contributed by atoms with E-state index in [1.54, 1.807) is 30.4 Å². The molecule has 2 rings (SSSR count). The number of rotatable bonds is 5. The van der Waals surface area contributed by atoms with Crippen molar-refractivity contribution in [2.24, 2.45) is 0 Å². The minimum Gasteiger partial charge on any atom is -0.350 e. The third kappa shape index (κ3) is 3.89. The number of carbonyl (C=O) groups excluding carboxylic acids is 1. The highest BCUT2D eigenvalue weighted by molar-refractivity contribution is 7.07. The summed E-state index contributed by atoms with van der Waals surface area (Å²) < 4.78 is 13.5. The van der Waals surface area contributed by atoms with Crippen molar-refractivity contribution in [1.82, 2.24) is 10.2 Å². The Hall–Kier alpha value is -1.72. The van der Waals surface area contributed by atoms with Crippen LogP contribution in [0.15, 0.2) is 35.0 Å². The van der Waals surface area contributed by atoms with Gasteiger partial charge in [0.15, 0.2) is 0 Å². The van der Waals surface area contributed by atoms with Crippen LogP contribution in [-0.2, 0) is 0 Å². The lowest BCUT2D eigenvalue weighted by atomic mass is 10.1. The first-order valence-electron chi connectivity index (χ1n) is 6.72. The lowest BCUT2D eigenvalue weighted by molar-refractivity contribution is 0.0941. The second-order valence-electron chi connectivity index (χ2n) is 5.21. The van der Waals surface area contributed by atoms with Crippen molar-refractivity contribution in [3.05, 3.63) is 57.5 Å². The first-order valence-corrected chi connectivity index (χ1v) is 7.66. The number of likely N-dealkylation sites (N-methyl/N-ethyl adjacent to an activating group) is 1. The number of amides is 1. The fourth-order valence-electron chi connectivity index (χ4n) is 2.09. The number of hydrogen-bond donors (Lipinski definition) is 1. The summed E-state index contributed by atoms with van der Waals surface area (Å²) in [5.74, 6) is -0.611. The summed E-state index contributed by atoms with van der Waals surface area (Å²) in [6, 6.07) is 6.69. The molecule has 1 aromatic heterocycles.